The molecule has 4 amide bonds. The van der Waals surface area contributed by atoms with Crippen LogP contribution in [0.15, 0.2) is 64.6 Å². The number of hydrogen-bond acceptors (Lipinski definition) is 7. The van der Waals surface area contributed by atoms with E-state index in [0.717, 1.165) is 11.0 Å². The van der Waals surface area contributed by atoms with Crippen molar-refractivity contribution in [2.24, 2.45) is 0 Å². The van der Waals surface area contributed by atoms with Crippen LogP contribution in [0, 0.1) is 10.1 Å². The molecule has 34 heavy (non-hydrogen) atoms. The van der Waals surface area contributed by atoms with E-state index in [4.69, 9.17) is 20.8 Å². The fraction of sp³-hybridized carbons (Fsp3) is 0.0870. The molecule has 172 valence electrons. The second kappa shape index (κ2) is 9.20. The van der Waals surface area contributed by atoms with Gasteiger partial charge in [0.2, 0.25) is 0 Å². The molecule has 1 aliphatic heterocycles. The lowest BCUT2D eigenvalue weighted by atomic mass is 10.1. The highest BCUT2D eigenvalue weighted by molar-refractivity contribution is 6.39. The molecule has 10 nitrogen and oxygen atoms in total. The van der Waals surface area contributed by atoms with Crippen molar-refractivity contribution in [3.63, 3.8) is 0 Å². The first-order chi connectivity index (χ1) is 16.3. The van der Waals surface area contributed by atoms with E-state index in [0.29, 0.717) is 17.4 Å². The molecule has 1 fully saturated rings. The van der Waals surface area contributed by atoms with Gasteiger partial charge in [-0.3, -0.25) is 25.0 Å². The predicted octanol–water partition coefficient (Wildman–Crippen LogP) is 4.57. The van der Waals surface area contributed by atoms with Gasteiger partial charge in [0.1, 0.15) is 22.8 Å². The van der Waals surface area contributed by atoms with Crippen LogP contribution >= 0.6 is 11.6 Å². The number of nitro groups is 1. The summed E-state index contributed by atoms with van der Waals surface area (Å²) in [5.41, 5.74) is -0.173. The monoisotopic (exact) mass is 481 g/mol. The van der Waals surface area contributed by atoms with Gasteiger partial charge in [0, 0.05) is 5.02 Å². The lowest BCUT2D eigenvalue weighted by Gasteiger charge is -2.26. The zero-order valence-corrected chi connectivity index (χ0v) is 18.4. The Morgan fingerprint density at radius 1 is 1.12 bits per heavy atom. The summed E-state index contributed by atoms with van der Waals surface area (Å²) in [5.74, 6) is -1.19. The molecule has 1 N–H and O–H groups in total. The number of imide groups is 2. The Balaban J connectivity index is 1.68. The van der Waals surface area contributed by atoms with Gasteiger partial charge in [-0.25, -0.2) is 9.69 Å². The zero-order valence-electron chi connectivity index (χ0n) is 17.6. The molecule has 0 aliphatic carbocycles. The molecule has 0 saturated carbocycles. The van der Waals surface area contributed by atoms with Crippen LogP contribution in [-0.4, -0.2) is 29.4 Å². The molecule has 0 radical (unpaired) electrons. The summed E-state index contributed by atoms with van der Waals surface area (Å²) in [7, 11) is 0. The topological polar surface area (TPSA) is 132 Å². The third kappa shape index (κ3) is 4.39. The molecule has 4 rings (SSSR count). The van der Waals surface area contributed by atoms with Crippen molar-refractivity contribution >= 4 is 46.9 Å². The van der Waals surface area contributed by atoms with Gasteiger partial charge >= 0.3 is 6.03 Å². The lowest BCUT2D eigenvalue weighted by molar-refractivity contribution is -0.384. The van der Waals surface area contributed by atoms with E-state index in [1.165, 1.54) is 48.5 Å². The molecule has 1 saturated heterocycles. The molecule has 2 heterocycles. The quantitative estimate of drug-likeness (QED) is 0.236. The average molecular weight is 482 g/mol. The number of nitrogens with one attached hydrogen (secondary N) is 1. The Morgan fingerprint density at radius 3 is 2.53 bits per heavy atom. The van der Waals surface area contributed by atoms with E-state index in [9.17, 15) is 24.5 Å². The van der Waals surface area contributed by atoms with Crippen molar-refractivity contribution in [1.82, 2.24) is 5.32 Å². The molecule has 2 aromatic carbocycles. The van der Waals surface area contributed by atoms with Gasteiger partial charge in [0.25, 0.3) is 17.5 Å². The Labute approximate surface area is 197 Å². The maximum absolute atomic E-state index is 13.0. The Bertz CT molecular complexity index is 1340. The SMILES string of the molecule is CCOc1ccc(-c2ccc(C=C3C(=O)NC(=O)N(c4ccc(Cl)cc4)C3=O)o2)c([N+](=O)[O-])c1. The van der Waals surface area contributed by atoms with E-state index in [-0.39, 0.29) is 34.0 Å². The number of carbonyl (C=O) groups is 3. The van der Waals surface area contributed by atoms with E-state index in [1.54, 1.807) is 13.0 Å². The number of benzene rings is 2. The minimum Gasteiger partial charge on any atom is -0.494 e. The van der Waals surface area contributed by atoms with Crippen molar-refractivity contribution in [2.45, 2.75) is 6.92 Å². The highest BCUT2D eigenvalue weighted by Crippen LogP contribution is 2.35. The minimum atomic E-state index is -0.903. The number of nitrogens with zero attached hydrogens (tertiary/aromatic N) is 2. The summed E-state index contributed by atoms with van der Waals surface area (Å²) < 4.78 is 11.0. The minimum absolute atomic E-state index is 0.0853. The number of nitro benzene ring substituents is 1. The van der Waals surface area contributed by atoms with E-state index >= 15 is 0 Å². The smallest absolute Gasteiger partial charge is 0.335 e. The Morgan fingerprint density at radius 2 is 1.85 bits per heavy atom. The van der Waals surface area contributed by atoms with Gasteiger partial charge in [-0.05, 0) is 61.5 Å². The Hall–Kier alpha value is -4.44. The lowest BCUT2D eigenvalue weighted by Crippen LogP contribution is -2.54. The third-order valence-corrected chi connectivity index (χ3v) is 5.09. The number of barbiturate groups is 1. The third-order valence-electron chi connectivity index (χ3n) is 4.84. The fourth-order valence-electron chi connectivity index (χ4n) is 3.33. The summed E-state index contributed by atoms with van der Waals surface area (Å²) in [6.07, 6.45) is 1.16. The highest BCUT2D eigenvalue weighted by atomic mass is 35.5. The first-order valence-electron chi connectivity index (χ1n) is 9.97. The number of urea groups is 1. The zero-order chi connectivity index (χ0) is 24.4. The van der Waals surface area contributed by atoms with Gasteiger partial charge in [-0.15, -0.1) is 0 Å². The molecule has 0 unspecified atom stereocenters. The van der Waals surface area contributed by atoms with Crippen molar-refractivity contribution in [1.29, 1.82) is 0 Å². The molecule has 0 atom stereocenters. The molecule has 0 bridgehead atoms. The number of ether oxygens (including phenoxy) is 1. The van der Waals surface area contributed by atoms with E-state index in [2.05, 4.69) is 5.32 Å². The second-order valence-electron chi connectivity index (χ2n) is 7.01. The van der Waals surface area contributed by atoms with Crippen LogP contribution in [0.3, 0.4) is 0 Å². The summed E-state index contributed by atoms with van der Waals surface area (Å²) in [6.45, 7) is 2.11. The number of rotatable bonds is 6. The summed E-state index contributed by atoms with van der Waals surface area (Å²) in [4.78, 5) is 49.4. The van der Waals surface area contributed by atoms with Gasteiger partial charge in [-0.2, -0.15) is 0 Å². The fourth-order valence-corrected chi connectivity index (χ4v) is 3.45. The molecule has 1 aromatic heterocycles. The number of furan rings is 1. The summed E-state index contributed by atoms with van der Waals surface area (Å²) in [5, 5.41) is 14.1. The molecule has 11 heteroatoms. The van der Waals surface area contributed by atoms with Gasteiger partial charge in [-0.1, -0.05) is 11.6 Å². The van der Waals surface area contributed by atoms with Crippen molar-refractivity contribution in [3.8, 4) is 17.1 Å². The largest absolute Gasteiger partial charge is 0.494 e. The van der Waals surface area contributed by atoms with Crippen LogP contribution in [0.2, 0.25) is 5.02 Å². The van der Waals surface area contributed by atoms with Crippen molar-refractivity contribution in [2.75, 3.05) is 11.5 Å². The van der Waals surface area contributed by atoms with Crippen LogP contribution in [0.5, 0.6) is 5.75 Å². The second-order valence-corrected chi connectivity index (χ2v) is 7.44. The van der Waals surface area contributed by atoms with E-state index in [1.807, 2.05) is 0 Å². The first-order valence-corrected chi connectivity index (χ1v) is 10.3. The number of halogens is 1. The van der Waals surface area contributed by atoms with Crippen LogP contribution < -0.4 is 15.0 Å². The average Bonchev–Trinajstić information content (AvgIpc) is 3.26. The van der Waals surface area contributed by atoms with Crippen LogP contribution in [-0.2, 0) is 9.59 Å². The molecule has 3 aromatic rings. The van der Waals surface area contributed by atoms with Gasteiger partial charge in [0.15, 0.2) is 0 Å². The maximum Gasteiger partial charge on any atom is 0.335 e. The van der Waals surface area contributed by atoms with Crippen molar-refractivity contribution < 1.29 is 28.5 Å². The highest BCUT2D eigenvalue weighted by Gasteiger charge is 2.37. The van der Waals surface area contributed by atoms with Crippen LogP contribution in [0.1, 0.15) is 12.7 Å². The van der Waals surface area contributed by atoms with Crippen LogP contribution in [0.25, 0.3) is 17.4 Å². The molecular weight excluding hydrogens is 466 g/mol. The summed E-state index contributed by atoms with van der Waals surface area (Å²) in [6, 6.07) is 12.3. The van der Waals surface area contributed by atoms with Gasteiger partial charge < -0.3 is 9.15 Å². The van der Waals surface area contributed by atoms with E-state index < -0.39 is 22.8 Å². The van der Waals surface area contributed by atoms with Crippen molar-refractivity contribution in [3.05, 3.63) is 81.1 Å². The number of anilines is 1. The molecule has 1 aliphatic rings. The van der Waals surface area contributed by atoms with Gasteiger partial charge in [0.05, 0.1) is 28.8 Å². The number of hydrogen-bond donors (Lipinski definition) is 1. The standard InChI is InChI=1S/C23H16ClN3O7/c1-2-33-15-7-9-17(19(12-15)27(31)32)20-10-8-16(34-20)11-18-21(28)25-23(30)26(22(18)29)14-5-3-13(24)4-6-14/h3-12H,2H2,1H3,(H,25,28,30). The predicted molar refractivity (Wildman–Crippen MR) is 122 cm³/mol. The Kier molecular flexibility index (Phi) is 6.15. The number of amides is 4. The maximum atomic E-state index is 13.0. The normalized spacial score (nSPS) is 14.9. The summed E-state index contributed by atoms with van der Waals surface area (Å²) >= 11 is 5.86. The number of carbonyl (C=O) groups excluding carboxylic acids is 3. The first kappa shape index (κ1) is 22.7. The molecule has 0 spiro atoms. The molecular formula is C23H16ClN3O7. The van der Waals surface area contributed by atoms with Crippen LogP contribution in [0.4, 0.5) is 16.2 Å².